The molecule has 0 aromatic heterocycles. The third-order valence-corrected chi connectivity index (χ3v) is 20.4. The van der Waals surface area contributed by atoms with Crippen LogP contribution >= 0.6 is 0 Å². The average Bonchev–Trinajstić information content (AvgIpc) is 3.80. The number of anilines is 10. The minimum atomic E-state index is -0.133. The van der Waals surface area contributed by atoms with Gasteiger partial charge in [-0.15, -0.1) is 0 Å². The van der Waals surface area contributed by atoms with E-state index < -0.39 is 0 Å². The Morgan fingerprint density at radius 2 is 0.787 bits per heavy atom. The first kappa shape index (κ1) is 48.4. The lowest BCUT2D eigenvalue weighted by molar-refractivity contribution is 0.195. The SMILES string of the molecule is CC(C)(C)c1ccc(N2c3cc(N4c5ccc(C(C)(C)C)cc5C5(C)CCCCC45C)ccc3B3c4ccccc4N(c4ccccc4)c4cc(N5c6ccc(C(C)(C)C)cc6C6(C)CCCCC56C)cc2c43)cc1. The second-order valence-corrected chi connectivity index (χ2v) is 27.7. The quantitative estimate of drug-likeness (QED) is 0.163. The van der Waals surface area contributed by atoms with Crippen molar-refractivity contribution in [1.29, 1.82) is 0 Å². The molecule has 2 fully saturated rings. The highest BCUT2D eigenvalue weighted by Gasteiger charge is 2.60. The van der Waals surface area contributed by atoms with Gasteiger partial charge in [0, 0.05) is 67.7 Å². The van der Waals surface area contributed by atoms with Crippen molar-refractivity contribution in [3.63, 3.8) is 0 Å². The minimum Gasteiger partial charge on any atom is -0.334 e. The number of hydrogen-bond donors (Lipinski definition) is 0. The lowest BCUT2D eigenvalue weighted by Gasteiger charge is -2.51. The van der Waals surface area contributed by atoms with Crippen molar-refractivity contribution in [3.8, 4) is 0 Å². The van der Waals surface area contributed by atoms with Crippen molar-refractivity contribution in [2.24, 2.45) is 0 Å². The Morgan fingerprint density at radius 1 is 0.360 bits per heavy atom. The third kappa shape index (κ3) is 6.80. The first-order valence-corrected chi connectivity index (χ1v) is 28.6. The fourth-order valence-corrected chi connectivity index (χ4v) is 15.6. The van der Waals surface area contributed by atoms with Crippen molar-refractivity contribution in [1.82, 2.24) is 0 Å². The summed E-state index contributed by atoms with van der Waals surface area (Å²) in [6.07, 6.45) is 9.66. The number of benzene rings is 7. The Kier molecular flexibility index (Phi) is 10.4. The summed E-state index contributed by atoms with van der Waals surface area (Å²) in [7, 11) is 0. The predicted molar refractivity (Wildman–Crippen MR) is 322 cm³/mol. The van der Waals surface area contributed by atoms with Crippen LogP contribution in [0, 0.1) is 0 Å². The van der Waals surface area contributed by atoms with Gasteiger partial charge in [-0.1, -0.05) is 181 Å². The molecular formula is C70H79BN4. The first-order chi connectivity index (χ1) is 35.6. The number of hydrogen-bond acceptors (Lipinski definition) is 4. The summed E-state index contributed by atoms with van der Waals surface area (Å²) in [6.45, 7) is 31.6. The van der Waals surface area contributed by atoms with E-state index in [4.69, 9.17) is 0 Å². The molecular weight excluding hydrogens is 908 g/mol. The second-order valence-electron chi connectivity index (χ2n) is 27.7. The van der Waals surface area contributed by atoms with Crippen LogP contribution in [0.25, 0.3) is 0 Å². The van der Waals surface area contributed by atoms with E-state index in [2.05, 4.69) is 255 Å². The molecule has 4 atom stereocenters. The van der Waals surface area contributed by atoms with E-state index in [1.807, 2.05) is 0 Å². The molecule has 5 heteroatoms. The van der Waals surface area contributed by atoms with E-state index in [9.17, 15) is 0 Å². The van der Waals surface area contributed by atoms with Crippen LogP contribution in [0.1, 0.15) is 169 Å². The molecule has 4 aliphatic heterocycles. The van der Waals surface area contributed by atoms with Crippen molar-refractivity contribution in [2.75, 3.05) is 19.6 Å². The zero-order valence-corrected chi connectivity index (χ0v) is 47.4. The van der Waals surface area contributed by atoms with Crippen LogP contribution in [0.3, 0.4) is 0 Å². The van der Waals surface area contributed by atoms with Crippen molar-refractivity contribution >= 4 is 80.0 Å². The lowest BCUT2D eigenvalue weighted by Crippen LogP contribution is -2.61. The van der Waals surface area contributed by atoms with E-state index in [1.54, 1.807) is 0 Å². The molecule has 2 saturated carbocycles. The normalized spacial score (nSPS) is 24.5. The van der Waals surface area contributed by atoms with Crippen LogP contribution in [-0.2, 0) is 27.1 Å². The molecule has 4 unspecified atom stereocenters. The largest absolute Gasteiger partial charge is 0.334 e. The molecule has 0 spiro atoms. The molecule has 0 bridgehead atoms. The van der Waals surface area contributed by atoms with Crippen LogP contribution in [-0.4, -0.2) is 17.8 Å². The molecule has 7 aromatic rings. The van der Waals surface area contributed by atoms with Crippen molar-refractivity contribution in [2.45, 2.75) is 180 Å². The van der Waals surface area contributed by atoms with E-state index >= 15 is 0 Å². The minimum absolute atomic E-state index is 0.0147. The maximum absolute atomic E-state index is 2.83. The molecule has 6 aliphatic rings. The van der Waals surface area contributed by atoms with Gasteiger partial charge in [0.25, 0.3) is 6.71 Å². The maximum atomic E-state index is 2.83. The van der Waals surface area contributed by atoms with Crippen LogP contribution in [0.5, 0.6) is 0 Å². The molecule has 0 radical (unpaired) electrons. The summed E-state index contributed by atoms with van der Waals surface area (Å²) >= 11 is 0. The first-order valence-electron chi connectivity index (χ1n) is 28.6. The second kappa shape index (κ2) is 16.2. The van der Waals surface area contributed by atoms with Crippen LogP contribution in [0.15, 0.2) is 146 Å². The van der Waals surface area contributed by atoms with E-state index in [-0.39, 0.29) is 44.9 Å². The van der Waals surface area contributed by atoms with Crippen molar-refractivity contribution < 1.29 is 0 Å². The van der Waals surface area contributed by atoms with Gasteiger partial charge in [0.15, 0.2) is 0 Å². The molecule has 2 aliphatic carbocycles. The van der Waals surface area contributed by atoms with Gasteiger partial charge < -0.3 is 19.6 Å². The summed E-state index contributed by atoms with van der Waals surface area (Å²) in [4.78, 5) is 10.9. The summed E-state index contributed by atoms with van der Waals surface area (Å²) in [5, 5.41) is 0. The lowest BCUT2D eigenvalue weighted by atomic mass is 9.33. The molecule has 0 saturated heterocycles. The Balaban J connectivity index is 1.11. The maximum Gasteiger partial charge on any atom is 0.252 e. The van der Waals surface area contributed by atoms with Gasteiger partial charge in [-0.25, -0.2) is 0 Å². The Morgan fingerprint density at radius 3 is 1.33 bits per heavy atom. The molecule has 13 rings (SSSR count). The summed E-state index contributed by atoms with van der Waals surface area (Å²) in [6, 6.07) is 58.0. The molecule has 0 N–H and O–H groups in total. The highest BCUT2D eigenvalue weighted by Crippen LogP contribution is 2.64. The summed E-state index contributed by atoms with van der Waals surface area (Å²) < 4.78 is 0. The predicted octanol–water partition coefficient (Wildman–Crippen LogP) is 17.1. The molecule has 4 nitrogen and oxygen atoms in total. The van der Waals surface area contributed by atoms with Crippen LogP contribution in [0.2, 0.25) is 0 Å². The Bertz CT molecular complexity index is 3450. The third-order valence-electron chi connectivity index (χ3n) is 20.4. The van der Waals surface area contributed by atoms with Crippen LogP contribution < -0.4 is 36.0 Å². The van der Waals surface area contributed by atoms with Gasteiger partial charge in [0.2, 0.25) is 0 Å². The molecule has 0 amide bonds. The average molecular weight is 987 g/mol. The van der Waals surface area contributed by atoms with Gasteiger partial charge in [-0.2, -0.15) is 0 Å². The van der Waals surface area contributed by atoms with Gasteiger partial charge in [-0.3, -0.25) is 0 Å². The number of fused-ring (bicyclic) bond motifs is 10. The monoisotopic (exact) mass is 987 g/mol. The highest BCUT2D eigenvalue weighted by molar-refractivity contribution is 7.00. The number of rotatable bonds is 4. The number of nitrogens with zero attached hydrogens (tertiary/aromatic N) is 4. The van der Waals surface area contributed by atoms with Crippen molar-refractivity contribution in [3.05, 3.63) is 173 Å². The molecule has 7 aromatic carbocycles. The highest BCUT2D eigenvalue weighted by atomic mass is 15.3. The van der Waals surface area contributed by atoms with Gasteiger partial charge in [-0.05, 0) is 167 Å². The van der Waals surface area contributed by atoms with Gasteiger partial charge in [0.1, 0.15) is 0 Å². The van der Waals surface area contributed by atoms with Gasteiger partial charge in [0.05, 0.1) is 11.1 Å². The molecule has 75 heavy (non-hydrogen) atoms. The Labute approximate surface area is 450 Å². The number of para-hydroxylation sites is 2. The fraction of sp³-hybridized carbons (Fsp3) is 0.400. The van der Waals surface area contributed by atoms with E-state index in [1.165, 1.54) is 140 Å². The van der Waals surface area contributed by atoms with Gasteiger partial charge >= 0.3 is 0 Å². The summed E-state index contributed by atoms with van der Waals surface area (Å²) in [5.74, 6) is 0. The zero-order chi connectivity index (χ0) is 52.4. The molecule has 382 valence electrons. The molecule has 4 heterocycles. The topological polar surface area (TPSA) is 13.0 Å². The zero-order valence-electron chi connectivity index (χ0n) is 47.4. The fourth-order valence-electron chi connectivity index (χ4n) is 15.6. The van der Waals surface area contributed by atoms with E-state index in [0.29, 0.717) is 0 Å². The Hall–Kier alpha value is -6.20. The van der Waals surface area contributed by atoms with Crippen LogP contribution in [0.4, 0.5) is 56.9 Å². The van der Waals surface area contributed by atoms with E-state index in [0.717, 1.165) is 12.8 Å². The summed E-state index contributed by atoms with van der Waals surface area (Å²) in [5.41, 5.74) is 23.9. The smallest absolute Gasteiger partial charge is 0.252 e. The standard InChI is InChI=1S/C70H79BN4/c1-64(2,3)46-27-31-50(32-28-46)73-60-43-51(74-57-35-29-47(65(4,5)6)41-53(57)67(10)37-19-21-39-69(67,74)12)33-34-56(60)71-55-25-17-18-26-59(55)72(49-23-15-14-16-24-49)61-44-52(45-62(73)63(61)71)75-58-36-30-48(66(7,8)9)42-54(58)68(11)38-20-22-40-70(68,75)13/h14-18,23-36,41-45H,19-22,37-40H2,1-13H3.